The van der Waals surface area contributed by atoms with Crippen LogP contribution in [-0.4, -0.2) is 53.4 Å². The number of hydrogen-bond acceptors (Lipinski definition) is 2. The van der Waals surface area contributed by atoms with Crippen molar-refractivity contribution in [2.24, 2.45) is 0 Å². The summed E-state index contributed by atoms with van der Waals surface area (Å²) in [6, 6.07) is 6.53. The molecule has 1 aromatic carbocycles. The molecule has 1 aliphatic heterocycles. The molecule has 3 rings (SSSR count). The maximum atomic E-state index is 12.2. The molecular weight excluding hydrogens is 286 g/mol. The van der Waals surface area contributed by atoms with Gasteiger partial charge in [-0.05, 0) is 43.9 Å². The van der Waals surface area contributed by atoms with Crippen LogP contribution >= 0.6 is 0 Å². The van der Waals surface area contributed by atoms with Crippen LogP contribution in [0.4, 0.5) is 0 Å². The number of aromatic amines is 1. The van der Waals surface area contributed by atoms with Crippen molar-refractivity contribution in [1.82, 2.24) is 14.8 Å². The van der Waals surface area contributed by atoms with Gasteiger partial charge in [0.2, 0.25) is 5.91 Å². The number of carbonyl (C=O) groups is 1. The maximum Gasteiger partial charge on any atom is 0.223 e. The van der Waals surface area contributed by atoms with Crippen molar-refractivity contribution in [3.63, 3.8) is 0 Å². The van der Waals surface area contributed by atoms with E-state index in [1.807, 2.05) is 18.7 Å². The van der Waals surface area contributed by atoms with Gasteiger partial charge in [0.25, 0.3) is 0 Å². The van der Waals surface area contributed by atoms with Crippen LogP contribution in [0.25, 0.3) is 10.9 Å². The molecule has 4 nitrogen and oxygen atoms in total. The Morgan fingerprint density at radius 1 is 1.17 bits per heavy atom. The topological polar surface area (TPSA) is 39.3 Å². The minimum Gasteiger partial charge on any atom is -0.361 e. The van der Waals surface area contributed by atoms with Crippen molar-refractivity contribution in [2.75, 3.05) is 32.7 Å². The SMILES string of the molecule is CCN(CC)C(=O)CCN1CCc2cccc3[nH]cc(c23)CC1. The smallest absolute Gasteiger partial charge is 0.223 e. The van der Waals surface area contributed by atoms with Crippen LogP contribution in [0.2, 0.25) is 0 Å². The first-order valence-electron chi connectivity index (χ1n) is 8.81. The number of nitrogens with zero attached hydrogens (tertiary/aromatic N) is 2. The largest absolute Gasteiger partial charge is 0.361 e. The number of carbonyl (C=O) groups excluding carboxylic acids is 1. The van der Waals surface area contributed by atoms with Crippen molar-refractivity contribution >= 4 is 16.8 Å². The Bertz CT molecular complexity index is 672. The highest BCUT2D eigenvalue weighted by molar-refractivity contribution is 5.86. The Labute approximate surface area is 138 Å². The molecule has 1 aliphatic rings. The van der Waals surface area contributed by atoms with Crippen molar-refractivity contribution in [3.05, 3.63) is 35.5 Å². The second kappa shape index (κ2) is 7.18. The summed E-state index contributed by atoms with van der Waals surface area (Å²) in [5, 5.41) is 1.42. The molecule has 0 atom stereocenters. The van der Waals surface area contributed by atoms with Gasteiger partial charge in [-0.3, -0.25) is 4.79 Å². The van der Waals surface area contributed by atoms with Gasteiger partial charge in [-0.25, -0.2) is 0 Å². The highest BCUT2D eigenvalue weighted by Crippen LogP contribution is 2.25. The lowest BCUT2D eigenvalue weighted by Crippen LogP contribution is -2.36. The van der Waals surface area contributed by atoms with Gasteiger partial charge in [-0.2, -0.15) is 0 Å². The first-order chi connectivity index (χ1) is 11.2. The predicted molar refractivity (Wildman–Crippen MR) is 94.7 cm³/mol. The number of nitrogens with one attached hydrogen (secondary N) is 1. The molecule has 0 aliphatic carbocycles. The number of amides is 1. The molecule has 2 heterocycles. The molecule has 4 heteroatoms. The van der Waals surface area contributed by atoms with Gasteiger partial charge in [0.1, 0.15) is 0 Å². The van der Waals surface area contributed by atoms with Gasteiger partial charge in [-0.1, -0.05) is 12.1 Å². The minimum absolute atomic E-state index is 0.279. The molecule has 1 N–H and O–H groups in total. The van der Waals surface area contributed by atoms with E-state index in [1.165, 1.54) is 22.0 Å². The highest BCUT2D eigenvalue weighted by atomic mass is 16.2. The fourth-order valence-corrected chi connectivity index (χ4v) is 3.62. The van der Waals surface area contributed by atoms with Crippen LogP contribution in [0.1, 0.15) is 31.4 Å². The van der Waals surface area contributed by atoms with Crippen LogP contribution < -0.4 is 0 Å². The van der Waals surface area contributed by atoms with Crippen molar-refractivity contribution in [3.8, 4) is 0 Å². The van der Waals surface area contributed by atoms with Crippen LogP contribution in [-0.2, 0) is 17.6 Å². The summed E-state index contributed by atoms with van der Waals surface area (Å²) in [6.45, 7) is 8.65. The lowest BCUT2D eigenvalue weighted by atomic mass is 9.99. The molecule has 0 unspecified atom stereocenters. The van der Waals surface area contributed by atoms with Crippen LogP contribution in [0, 0.1) is 0 Å². The molecule has 1 aromatic heterocycles. The Balaban J connectivity index is 1.64. The number of benzene rings is 1. The van der Waals surface area contributed by atoms with Crippen molar-refractivity contribution in [2.45, 2.75) is 33.1 Å². The molecule has 2 aromatic rings. The third-order valence-electron chi connectivity index (χ3n) is 5.03. The zero-order chi connectivity index (χ0) is 16.2. The molecule has 23 heavy (non-hydrogen) atoms. The van der Waals surface area contributed by atoms with Crippen LogP contribution in [0.3, 0.4) is 0 Å². The van der Waals surface area contributed by atoms with E-state index in [1.54, 1.807) is 0 Å². The predicted octanol–water partition coefficient (Wildman–Crippen LogP) is 2.83. The van der Waals surface area contributed by atoms with Gasteiger partial charge < -0.3 is 14.8 Å². The van der Waals surface area contributed by atoms with E-state index >= 15 is 0 Å². The third kappa shape index (κ3) is 3.42. The second-order valence-electron chi connectivity index (χ2n) is 6.31. The maximum absolute atomic E-state index is 12.2. The van der Waals surface area contributed by atoms with E-state index in [2.05, 4.69) is 34.3 Å². The summed E-state index contributed by atoms with van der Waals surface area (Å²) in [5.41, 5.74) is 4.09. The van der Waals surface area contributed by atoms with E-state index < -0.39 is 0 Å². The lowest BCUT2D eigenvalue weighted by Gasteiger charge is -2.26. The van der Waals surface area contributed by atoms with Gasteiger partial charge in [-0.15, -0.1) is 0 Å². The highest BCUT2D eigenvalue weighted by Gasteiger charge is 2.17. The minimum atomic E-state index is 0.279. The molecule has 1 amide bonds. The van der Waals surface area contributed by atoms with E-state index in [4.69, 9.17) is 0 Å². The van der Waals surface area contributed by atoms with Crippen molar-refractivity contribution in [1.29, 1.82) is 0 Å². The quantitative estimate of drug-likeness (QED) is 0.922. The molecule has 124 valence electrons. The standard InChI is InChI=1S/C19H27N3O/c1-3-22(4-2)18(23)10-13-21-11-8-15-6-5-7-17-19(15)16(9-12-21)14-20-17/h5-7,14,20H,3-4,8-13H2,1-2H3. The number of H-pyrrole nitrogens is 1. The average Bonchev–Trinajstić information content (AvgIpc) is 2.97. The first-order valence-corrected chi connectivity index (χ1v) is 8.81. The Kier molecular flexibility index (Phi) is 5.01. The van der Waals surface area contributed by atoms with Crippen LogP contribution in [0.15, 0.2) is 24.4 Å². The Morgan fingerprint density at radius 3 is 2.65 bits per heavy atom. The van der Waals surface area contributed by atoms with E-state index in [0.29, 0.717) is 6.42 Å². The Morgan fingerprint density at radius 2 is 1.91 bits per heavy atom. The van der Waals surface area contributed by atoms with Crippen LogP contribution in [0.5, 0.6) is 0 Å². The zero-order valence-electron chi connectivity index (χ0n) is 14.3. The molecule has 0 bridgehead atoms. The molecule has 0 saturated carbocycles. The van der Waals surface area contributed by atoms with Gasteiger partial charge in [0, 0.05) is 56.2 Å². The average molecular weight is 313 g/mol. The Hall–Kier alpha value is -1.81. The lowest BCUT2D eigenvalue weighted by molar-refractivity contribution is -0.131. The van der Waals surface area contributed by atoms with Gasteiger partial charge in [0.15, 0.2) is 0 Å². The fourth-order valence-electron chi connectivity index (χ4n) is 3.62. The normalized spacial score (nSPS) is 15.4. The zero-order valence-corrected chi connectivity index (χ0v) is 14.3. The summed E-state index contributed by atoms with van der Waals surface area (Å²) in [6.07, 6.45) is 4.89. The molecular formula is C19H27N3O. The second-order valence-corrected chi connectivity index (χ2v) is 6.31. The first kappa shape index (κ1) is 16.1. The van der Waals surface area contributed by atoms with Gasteiger partial charge in [0.05, 0.1) is 0 Å². The van der Waals surface area contributed by atoms with E-state index in [0.717, 1.165) is 45.6 Å². The number of aromatic nitrogens is 1. The summed E-state index contributed by atoms with van der Waals surface area (Å²) < 4.78 is 0. The fraction of sp³-hybridized carbons (Fsp3) is 0.526. The van der Waals surface area contributed by atoms with E-state index in [9.17, 15) is 4.79 Å². The number of rotatable bonds is 5. The monoisotopic (exact) mass is 313 g/mol. The molecule has 0 saturated heterocycles. The van der Waals surface area contributed by atoms with E-state index in [-0.39, 0.29) is 5.91 Å². The third-order valence-corrected chi connectivity index (χ3v) is 5.03. The summed E-state index contributed by atoms with van der Waals surface area (Å²) in [5.74, 6) is 0.279. The van der Waals surface area contributed by atoms with Gasteiger partial charge >= 0.3 is 0 Å². The molecule has 0 spiro atoms. The molecule has 0 fully saturated rings. The van der Waals surface area contributed by atoms with Crippen molar-refractivity contribution < 1.29 is 4.79 Å². The number of hydrogen-bond donors (Lipinski definition) is 1. The summed E-state index contributed by atoms with van der Waals surface area (Å²) in [4.78, 5) is 20.0. The summed E-state index contributed by atoms with van der Waals surface area (Å²) in [7, 11) is 0. The summed E-state index contributed by atoms with van der Waals surface area (Å²) >= 11 is 0. The molecule has 0 radical (unpaired) electrons.